The van der Waals surface area contributed by atoms with Gasteiger partial charge in [-0.05, 0) is 25.2 Å². The van der Waals surface area contributed by atoms with E-state index >= 15 is 0 Å². The van der Waals surface area contributed by atoms with Crippen LogP contribution in [0.25, 0.3) is 0 Å². The van der Waals surface area contributed by atoms with Crippen LogP contribution in [0.2, 0.25) is 0 Å². The fourth-order valence-corrected chi connectivity index (χ4v) is 2.69. The Morgan fingerprint density at radius 2 is 2.17 bits per heavy atom. The number of nitrogens with zero attached hydrogens (tertiary/aromatic N) is 1. The number of nitrogens with one attached hydrogen (secondary N) is 1. The van der Waals surface area contributed by atoms with Gasteiger partial charge in [0.25, 0.3) is 0 Å². The Kier molecular flexibility index (Phi) is 3.38. The zero-order valence-corrected chi connectivity index (χ0v) is 10.8. The SMILES string of the molecule is CNS(=O)(=O)c1cccc(N2CC(N)CC2=O)c1. The van der Waals surface area contributed by atoms with E-state index in [-0.39, 0.29) is 16.8 Å². The van der Waals surface area contributed by atoms with E-state index in [0.717, 1.165) is 0 Å². The van der Waals surface area contributed by atoms with E-state index in [1.807, 2.05) is 0 Å². The Labute approximate surface area is 106 Å². The van der Waals surface area contributed by atoms with E-state index in [4.69, 9.17) is 5.73 Å². The minimum absolute atomic E-state index is 0.0819. The Balaban J connectivity index is 2.37. The predicted octanol–water partition coefficient (Wildman–Crippen LogP) is -0.341. The van der Waals surface area contributed by atoms with Crippen LogP contribution in [0.1, 0.15) is 6.42 Å². The van der Waals surface area contributed by atoms with Crippen molar-refractivity contribution in [3.05, 3.63) is 24.3 Å². The third kappa shape index (κ3) is 2.38. The largest absolute Gasteiger partial charge is 0.326 e. The molecule has 98 valence electrons. The Bertz CT molecular complexity index is 571. The first-order valence-corrected chi connectivity index (χ1v) is 7.02. The van der Waals surface area contributed by atoms with Crippen LogP contribution in [-0.4, -0.2) is 34.0 Å². The summed E-state index contributed by atoms with van der Waals surface area (Å²) >= 11 is 0. The maximum absolute atomic E-state index is 11.7. The smallest absolute Gasteiger partial charge is 0.240 e. The molecule has 6 nitrogen and oxygen atoms in total. The summed E-state index contributed by atoms with van der Waals surface area (Å²) in [5.74, 6) is -0.0819. The van der Waals surface area contributed by atoms with E-state index in [9.17, 15) is 13.2 Å². The zero-order valence-electron chi connectivity index (χ0n) is 9.96. The molecule has 0 bridgehead atoms. The number of anilines is 1. The molecule has 0 saturated carbocycles. The number of carbonyl (C=O) groups is 1. The molecule has 1 unspecified atom stereocenters. The molecule has 3 N–H and O–H groups in total. The highest BCUT2D eigenvalue weighted by atomic mass is 32.2. The maximum Gasteiger partial charge on any atom is 0.240 e. The summed E-state index contributed by atoms with van der Waals surface area (Å²) in [5, 5.41) is 0. The lowest BCUT2D eigenvalue weighted by molar-refractivity contribution is -0.117. The van der Waals surface area contributed by atoms with Gasteiger partial charge in [-0.25, -0.2) is 13.1 Å². The monoisotopic (exact) mass is 269 g/mol. The van der Waals surface area contributed by atoms with Crippen molar-refractivity contribution >= 4 is 21.6 Å². The van der Waals surface area contributed by atoms with Gasteiger partial charge in [0.2, 0.25) is 15.9 Å². The van der Waals surface area contributed by atoms with Gasteiger partial charge in [0.05, 0.1) is 4.90 Å². The minimum Gasteiger partial charge on any atom is -0.326 e. The number of rotatable bonds is 3. The van der Waals surface area contributed by atoms with Gasteiger partial charge in [0.15, 0.2) is 0 Å². The quantitative estimate of drug-likeness (QED) is 0.785. The number of hydrogen-bond donors (Lipinski definition) is 2. The molecule has 1 aromatic carbocycles. The zero-order chi connectivity index (χ0) is 13.3. The molecule has 0 spiro atoms. The van der Waals surface area contributed by atoms with Gasteiger partial charge in [0.1, 0.15) is 0 Å². The van der Waals surface area contributed by atoms with Crippen molar-refractivity contribution in [1.29, 1.82) is 0 Å². The molecule has 1 aromatic rings. The third-order valence-corrected chi connectivity index (χ3v) is 4.28. The van der Waals surface area contributed by atoms with Crippen molar-refractivity contribution in [2.24, 2.45) is 5.73 Å². The minimum atomic E-state index is -3.50. The van der Waals surface area contributed by atoms with Crippen LogP contribution in [0.4, 0.5) is 5.69 Å². The van der Waals surface area contributed by atoms with Gasteiger partial charge in [-0.2, -0.15) is 0 Å². The number of carbonyl (C=O) groups excluding carboxylic acids is 1. The van der Waals surface area contributed by atoms with Crippen molar-refractivity contribution in [2.75, 3.05) is 18.5 Å². The number of amides is 1. The summed E-state index contributed by atoms with van der Waals surface area (Å²) < 4.78 is 25.6. The summed E-state index contributed by atoms with van der Waals surface area (Å²) in [6.07, 6.45) is 0.295. The molecule has 0 aromatic heterocycles. The molecule has 0 aliphatic carbocycles. The Morgan fingerprint density at radius 1 is 1.44 bits per heavy atom. The lowest BCUT2D eigenvalue weighted by Crippen LogP contribution is -2.28. The van der Waals surface area contributed by atoms with E-state index < -0.39 is 10.0 Å². The molecule has 7 heteroatoms. The van der Waals surface area contributed by atoms with Gasteiger partial charge in [0, 0.05) is 24.7 Å². The van der Waals surface area contributed by atoms with Crippen LogP contribution >= 0.6 is 0 Å². The van der Waals surface area contributed by atoms with Crippen LogP contribution in [0.5, 0.6) is 0 Å². The summed E-state index contributed by atoms with van der Waals surface area (Å²) in [4.78, 5) is 13.3. The fraction of sp³-hybridized carbons (Fsp3) is 0.364. The molecule has 1 saturated heterocycles. The number of sulfonamides is 1. The van der Waals surface area contributed by atoms with Crippen LogP contribution in [0.15, 0.2) is 29.2 Å². The van der Waals surface area contributed by atoms with Crippen molar-refractivity contribution in [3.63, 3.8) is 0 Å². The van der Waals surface area contributed by atoms with Crippen molar-refractivity contribution in [2.45, 2.75) is 17.4 Å². The molecule has 1 atom stereocenters. The second-order valence-electron chi connectivity index (χ2n) is 4.17. The summed E-state index contributed by atoms with van der Waals surface area (Å²) in [5.41, 5.74) is 6.27. The fourth-order valence-electron chi connectivity index (χ4n) is 1.92. The standard InChI is InChI=1S/C11H15N3O3S/c1-13-18(16,17)10-4-2-3-9(6-10)14-7-8(12)5-11(14)15/h2-4,6,8,13H,5,7,12H2,1H3. The number of nitrogens with two attached hydrogens (primary N) is 1. The summed E-state index contributed by atoms with van der Waals surface area (Å²) in [7, 11) is -2.15. The van der Waals surface area contributed by atoms with E-state index in [1.165, 1.54) is 24.1 Å². The molecule has 1 aliphatic rings. The van der Waals surface area contributed by atoms with Crippen LogP contribution < -0.4 is 15.4 Å². The van der Waals surface area contributed by atoms with Crippen LogP contribution in [0, 0.1) is 0 Å². The lowest BCUT2D eigenvalue weighted by atomic mass is 10.3. The molecule has 1 heterocycles. The second kappa shape index (κ2) is 4.68. The van der Waals surface area contributed by atoms with Crippen LogP contribution in [0.3, 0.4) is 0 Å². The van der Waals surface area contributed by atoms with Crippen molar-refractivity contribution < 1.29 is 13.2 Å². The second-order valence-corrected chi connectivity index (χ2v) is 6.06. The highest BCUT2D eigenvalue weighted by Crippen LogP contribution is 2.23. The third-order valence-electron chi connectivity index (χ3n) is 2.86. The van der Waals surface area contributed by atoms with Gasteiger partial charge in [-0.1, -0.05) is 6.07 Å². The van der Waals surface area contributed by atoms with E-state index in [1.54, 1.807) is 12.1 Å². The first-order valence-electron chi connectivity index (χ1n) is 5.53. The van der Waals surface area contributed by atoms with E-state index in [0.29, 0.717) is 18.7 Å². The van der Waals surface area contributed by atoms with Crippen molar-refractivity contribution in [3.8, 4) is 0 Å². The first-order chi connectivity index (χ1) is 8.44. The molecule has 0 radical (unpaired) electrons. The molecule has 18 heavy (non-hydrogen) atoms. The molecule has 2 rings (SSSR count). The van der Waals surface area contributed by atoms with Gasteiger partial charge >= 0.3 is 0 Å². The van der Waals surface area contributed by atoms with Gasteiger partial charge in [-0.15, -0.1) is 0 Å². The number of hydrogen-bond acceptors (Lipinski definition) is 4. The summed E-state index contributed by atoms with van der Waals surface area (Å²) in [6.45, 7) is 0.419. The van der Waals surface area contributed by atoms with E-state index in [2.05, 4.69) is 4.72 Å². The average molecular weight is 269 g/mol. The van der Waals surface area contributed by atoms with Crippen molar-refractivity contribution in [1.82, 2.24) is 4.72 Å². The molecular weight excluding hydrogens is 254 g/mol. The molecule has 1 amide bonds. The highest BCUT2D eigenvalue weighted by molar-refractivity contribution is 7.89. The molecular formula is C11H15N3O3S. The number of benzene rings is 1. The topological polar surface area (TPSA) is 92.5 Å². The van der Waals surface area contributed by atoms with Gasteiger partial charge in [-0.3, -0.25) is 4.79 Å². The first kappa shape index (κ1) is 13.0. The maximum atomic E-state index is 11.7. The molecule has 1 fully saturated rings. The highest BCUT2D eigenvalue weighted by Gasteiger charge is 2.28. The average Bonchev–Trinajstić information content (AvgIpc) is 2.69. The Hall–Kier alpha value is -1.44. The van der Waals surface area contributed by atoms with Crippen LogP contribution in [-0.2, 0) is 14.8 Å². The van der Waals surface area contributed by atoms with Gasteiger partial charge < -0.3 is 10.6 Å². The normalized spacial score (nSPS) is 20.4. The Morgan fingerprint density at radius 3 is 2.72 bits per heavy atom. The predicted molar refractivity (Wildman–Crippen MR) is 67.6 cm³/mol. The summed E-state index contributed by atoms with van der Waals surface area (Å²) in [6, 6.07) is 6.07. The lowest BCUT2D eigenvalue weighted by Gasteiger charge is -2.16. The molecule has 1 aliphatic heterocycles.